The van der Waals surface area contributed by atoms with E-state index in [2.05, 4.69) is 27.8 Å². The van der Waals surface area contributed by atoms with Gasteiger partial charge in [-0.25, -0.2) is 0 Å². The molecule has 7 heteroatoms. The van der Waals surface area contributed by atoms with Crippen molar-refractivity contribution in [1.29, 1.82) is 0 Å². The molecular weight excluding hydrogens is 443 g/mol. The quantitative estimate of drug-likeness (QED) is 0.264. The Labute approximate surface area is 172 Å². The molecule has 1 aromatic carbocycles. The number of nitrogens with one attached hydrogen (secondary N) is 2. The Morgan fingerprint density at radius 1 is 1.27 bits per heavy atom. The van der Waals surface area contributed by atoms with Crippen LogP contribution in [0.2, 0.25) is 0 Å². The van der Waals surface area contributed by atoms with Crippen LogP contribution in [0.25, 0.3) is 0 Å². The molecule has 1 aliphatic heterocycles. The van der Waals surface area contributed by atoms with E-state index in [-0.39, 0.29) is 29.9 Å². The second-order valence-corrected chi connectivity index (χ2v) is 6.69. The molecule has 0 radical (unpaired) electrons. The molecule has 144 valence electrons. The summed E-state index contributed by atoms with van der Waals surface area (Å²) in [6.07, 6.45) is 4.26. The summed E-state index contributed by atoms with van der Waals surface area (Å²) < 4.78 is 5.61. The zero-order chi connectivity index (χ0) is 17.5. The second kappa shape index (κ2) is 10.7. The number of carbonyl (C=O) groups is 1. The number of rotatable bonds is 8. The summed E-state index contributed by atoms with van der Waals surface area (Å²) in [6.45, 7) is 3.87. The van der Waals surface area contributed by atoms with E-state index in [1.54, 1.807) is 7.05 Å². The third-order valence-corrected chi connectivity index (χ3v) is 4.59. The summed E-state index contributed by atoms with van der Waals surface area (Å²) in [6, 6.07) is 8.14. The van der Waals surface area contributed by atoms with E-state index in [0.717, 1.165) is 49.2 Å². The van der Waals surface area contributed by atoms with Crippen LogP contribution in [0.3, 0.4) is 0 Å². The van der Waals surface area contributed by atoms with Gasteiger partial charge in [0.2, 0.25) is 5.91 Å². The first-order chi connectivity index (χ1) is 12.3. The SMILES string of the molecule is CN=C(NCCOCC1CC1)NCc1ccc(N2CCCC2=O)cc1.I. The number of halogens is 1. The van der Waals surface area contributed by atoms with Crippen LogP contribution in [0.5, 0.6) is 0 Å². The highest BCUT2D eigenvalue weighted by molar-refractivity contribution is 14.0. The van der Waals surface area contributed by atoms with Crippen molar-refractivity contribution in [1.82, 2.24) is 10.6 Å². The van der Waals surface area contributed by atoms with Crippen LogP contribution in [0, 0.1) is 5.92 Å². The van der Waals surface area contributed by atoms with Gasteiger partial charge in [0.15, 0.2) is 5.96 Å². The minimum Gasteiger partial charge on any atom is -0.379 e. The van der Waals surface area contributed by atoms with Gasteiger partial charge in [-0.2, -0.15) is 0 Å². The Balaban J connectivity index is 0.00000243. The summed E-state index contributed by atoms with van der Waals surface area (Å²) in [4.78, 5) is 17.9. The van der Waals surface area contributed by atoms with Gasteiger partial charge in [0.1, 0.15) is 0 Å². The van der Waals surface area contributed by atoms with Gasteiger partial charge in [0.05, 0.1) is 6.61 Å². The second-order valence-electron chi connectivity index (χ2n) is 6.69. The number of carbonyl (C=O) groups excluding carboxylic acids is 1. The lowest BCUT2D eigenvalue weighted by molar-refractivity contribution is -0.117. The molecule has 1 saturated carbocycles. The van der Waals surface area contributed by atoms with Crippen molar-refractivity contribution in [3.63, 3.8) is 0 Å². The molecule has 3 rings (SSSR count). The molecule has 1 amide bonds. The molecule has 0 aromatic heterocycles. The van der Waals surface area contributed by atoms with E-state index in [1.807, 2.05) is 17.0 Å². The number of anilines is 1. The van der Waals surface area contributed by atoms with Crippen molar-refractivity contribution >= 4 is 41.5 Å². The number of aliphatic imine (C=N–C) groups is 1. The van der Waals surface area contributed by atoms with E-state index in [1.165, 1.54) is 12.8 Å². The standard InChI is InChI=1S/C19H28N4O2.HI/c1-20-19(21-10-12-25-14-16-4-5-16)22-13-15-6-8-17(9-7-15)23-11-2-3-18(23)24;/h6-9,16H,2-5,10-14H2,1H3,(H2,20,21,22);1H. The molecule has 2 aliphatic rings. The van der Waals surface area contributed by atoms with Gasteiger partial charge in [-0.15, -0.1) is 24.0 Å². The highest BCUT2D eigenvalue weighted by Crippen LogP contribution is 2.28. The van der Waals surface area contributed by atoms with Gasteiger partial charge in [-0.1, -0.05) is 12.1 Å². The van der Waals surface area contributed by atoms with Crippen LogP contribution >= 0.6 is 24.0 Å². The Kier molecular flexibility index (Phi) is 8.64. The third-order valence-electron chi connectivity index (χ3n) is 4.59. The smallest absolute Gasteiger partial charge is 0.227 e. The number of nitrogens with zero attached hydrogens (tertiary/aromatic N) is 2. The van der Waals surface area contributed by atoms with E-state index >= 15 is 0 Å². The first-order valence-corrected chi connectivity index (χ1v) is 9.18. The van der Waals surface area contributed by atoms with E-state index < -0.39 is 0 Å². The molecule has 2 N–H and O–H groups in total. The normalized spacial score (nSPS) is 17.2. The van der Waals surface area contributed by atoms with E-state index in [9.17, 15) is 4.79 Å². The highest BCUT2D eigenvalue weighted by atomic mass is 127. The van der Waals surface area contributed by atoms with E-state index in [0.29, 0.717) is 19.6 Å². The number of benzene rings is 1. The number of guanidine groups is 1. The minimum absolute atomic E-state index is 0. The van der Waals surface area contributed by atoms with Crippen LogP contribution in [-0.2, 0) is 16.1 Å². The molecule has 0 unspecified atom stereocenters. The zero-order valence-electron chi connectivity index (χ0n) is 15.4. The fraction of sp³-hybridized carbons (Fsp3) is 0.579. The lowest BCUT2D eigenvalue weighted by atomic mass is 10.2. The average Bonchev–Trinajstić information content (AvgIpc) is 3.37. The Hall–Kier alpha value is -1.35. The number of ether oxygens (including phenoxy) is 1. The minimum atomic E-state index is 0. The van der Waals surface area contributed by atoms with Crippen molar-refractivity contribution in [3.8, 4) is 0 Å². The molecule has 6 nitrogen and oxygen atoms in total. The molecule has 0 atom stereocenters. The molecule has 1 aromatic rings. The summed E-state index contributed by atoms with van der Waals surface area (Å²) in [5.41, 5.74) is 2.14. The number of amides is 1. The van der Waals surface area contributed by atoms with Crippen LogP contribution in [-0.4, -0.2) is 45.2 Å². The topological polar surface area (TPSA) is 66.0 Å². The Morgan fingerprint density at radius 2 is 2.04 bits per heavy atom. The maximum Gasteiger partial charge on any atom is 0.227 e. The van der Waals surface area contributed by atoms with Crippen molar-refractivity contribution in [2.75, 3.05) is 38.3 Å². The largest absolute Gasteiger partial charge is 0.379 e. The van der Waals surface area contributed by atoms with Crippen LogP contribution < -0.4 is 15.5 Å². The molecular formula is C19H29IN4O2. The average molecular weight is 472 g/mol. The van der Waals surface area contributed by atoms with Gasteiger partial charge in [0.25, 0.3) is 0 Å². The molecule has 1 aliphatic carbocycles. The molecule has 1 saturated heterocycles. The third kappa shape index (κ3) is 6.42. The highest BCUT2D eigenvalue weighted by Gasteiger charge is 2.21. The predicted octanol–water partition coefficient (Wildman–Crippen LogP) is 2.52. The Bertz CT molecular complexity index is 602. The van der Waals surface area contributed by atoms with Crippen molar-refractivity contribution in [3.05, 3.63) is 29.8 Å². The van der Waals surface area contributed by atoms with Crippen LogP contribution in [0.1, 0.15) is 31.2 Å². The summed E-state index contributed by atoms with van der Waals surface area (Å²) in [5, 5.41) is 6.56. The monoisotopic (exact) mass is 472 g/mol. The van der Waals surface area contributed by atoms with Crippen LogP contribution in [0.15, 0.2) is 29.3 Å². The molecule has 0 spiro atoms. The van der Waals surface area contributed by atoms with Gasteiger partial charge < -0.3 is 20.3 Å². The maximum absolute atomic E-state index is 11.8. The molecule has 2 fully saturated rings. The Morgan fingerprint density at radius 3 is 2.65 bits per heavy atom. The lowest BCUT2D eigenvalue weighted by Crippen LogP contribution is -2.38. The van der Waals surface area contributed by atoms with Gasteiger partial charge in [-0.05, 0) is 42.9 Å². The molecule has 1 heterocycles. The number of hydrogen-bond acceptors (Lipinski definition) is 3. The summed E-state index contributed by atoms with van der Waals surface area (Å²) in [5.74, 6) is 1.80. The number of hydrogen-bond donors (Lipinski definition) is 2. The van der Waals surface area contributed by atoms with Crippen molar-refractivity contribution in [2.45, 2.75) is 32.2 Å². The van der Waals surface area contributed by atoms with Crippen molar-refractivity contribution in [2.24, 2.45) is 10.9 Å². The van der Waals surface area contributed by atoms with Crippen molar-refractivity contribution < 1.29 is 9.53 Å². The van der Waals surface area contributed by atoms with Gasteiger partial charge in [0, 0.05) is 45.4 Å². The summed E-state index contributed by atoms with van der Waals surface area (Å²) in [7, 11) is 1.77. The van der Waals surface area contributed by atoms with Gasteiger partial charge >= 0.3 is 0 Å². The molecule has 26 heavy (non-hydrogen) atoms. The fourth-order valence-corrected chi connectivity index (χ4v) is 2.90. The van der Waals surface area contributed by atoms with Crippen LogP contribution in [0.4, 0.5) is 5.69 Å². The maximum atomic E-state index is 11.8. The lowest BCUT2D eigenvalue weighted by Gasteiger charge is -2.16. The zero-order valence-corrected chi connectivity index (χ0v) is 17.7. The summed E-state index contributed by atoms with van der Waals surface area (Å²) >= 11 is 0. The predicted molar refractivity (Wildman–Crippen MR) is 115 cm³/mol. The fourth-order valence-electron chi connectivity index (χ4n) is 2.90. The van der Waals surface area contributed by atoms with Gasteiger partial charge in [-0.3, -0.25) is 9.79 Å². The van der Waals surface area contributed by atoms with E-state index in [4.69, 9.17) is 4.74 Å². The first kappa shape index (κ1) is 21.0. The first-order valence-electron chi connectivity index (χ1n) is 9.18. The molecule has 0 bridgehead atoms.